The van der Waals surface area contributed by atoms with E-state index in [4.69, 9.17) is 11.6 Å². The van der Waals surface area contributed by atoms with Gasteiger partial charge in [-0.2, -0.15) is 0 Å². The SMILES string of the molecule is Cc1cc(Cl)nc2c1nc(NC(=O)CC(C)(C)C)n2C1CCC1. The average molecular weight is 335 g/mol. The van der Waals surface area contributed by atoms with E-state index in [0.29, 0.717) is 23.6 Å². The minimum Gasteiger partial charge on any atom is -0.296 e. The van der Waals surface area contributed by atoms with Gasteiger partial charge >= 0.3 is 0 Å². The molecule has 2 aromatic rings. The number of rotatable bonds is 3. The highest BCUT2D eigenvalue weighted by atomic mass is 35.5. The first-order valence-corrected chi connectivity index (χ1v) is 8.47. The minimum atomic E-state index is -0.0606. The number of carbonyl (C=O) groups excluding carboxylic acids is 1. The van der Waals surface area contributed by atoms with Crippen LogP contribution in [0.1, 0.15) is 58.1 Å². The summed E-state index contributed by atoms with van der Waals surface area (Å²) in [6.45, 7) is 8.11. The second-order valence-corrected chi connectivity index (χ2v) is 8.00. The standard InChI is InChI=1S/C17H23ClN4O/c1-10-8-12(18)19-15-14(10)21-16(22(15)11-6-5-7-11)20-13(23)9-17(2,3)4/h8,11H,5-7,9H2,1-4H3,(H,20,21,23). The summed E-state index contributed by atoms with van der Waals surface area (Å²) in [5.41, 5.74) is 2.50. The number of hydrogen-bond acceptors (Lipinski definition) is 3. The third-order valence-corrected chi connectivity index (χ3v) is 4.38. The lowest BCUT2D eigenvalue weighted by atomic mass is 9.92. The van der Waals surface area contributed by atoms with E-state index in [1.807, 2.05) is 33.8 Å². The molecule has 1 aliphatic carbocycles. The van der Waals surface area contributed by atoms with Crippen molar-refractivity contribution in [1.29, 1.82) is 0 Å². The van der Waals surface area contributed by atoms with Gasteiger partial charge in [0.1, 0.15) is 10.7 Å². The first-order chi connectivity index (χ1) is 10.7. The molecule has 1 N–H and O–H groups in total. The van der Waals surface area contributed by atoms with Gasteiger partial charge in [0.05, 0.1) is 0 Å². The van der Waals surface area contributed by atoms with Gasteiger partial charge in [0.2, 0.25) is 11.9 Å². The molecule has 1 saturated carbocycles. The van der Waals surface area contributed by atoms with Crippen LogP contribution < -0.4 is 5.32 Å². The van der Waals surface area contributed by atoms with E-state index >= 15 is 0 Å². The Morgan fingerprint density at radius 1 is 1.39 bits per heavy atom. The van der Waals surface area contributed by atoms with Gasteiger partial charge in [-0.05, 0) is 43.2 Å². The molecule has 0 spiro atoms. The van der Waals surface area contributed by atoms with Crippen LogP contribution in [0.5, 0.6) is 0 Å². The number of nitrogens with one attached hydrogen (secondary N) is 1. The molecule has 1 fully saturated rings. The lowest BCUT2D eigenvalue weighted by molar-refractivity contribution is -0.117. The number of nitrogens with zero attached hydrogens (tertiary/aromatic N) is 3. The van der Waals surface area contributed by atoms with Gasteiger partial charge in [-0.25, -0.2) is 9.97 Å². The fraction of sp³-hybridized carbons (Fsp3) is 0.588. The lowest BCUT2D eigenvalue weighted by Gasteiger charge is -2.28. The molecule has 0 aliphatic heterocycles. The predicted octanol–water partition coefficient (Wildman–Crippen LogP) is 4.49. The summed E-state index contributed by atoms with van der Waals surface area (Å²) in [7, 11) is 0. The summed E-state index contributed by atoms with van der Waals surface area (Å²) in [4.78, 5) is 21.4. The van der Waals surface area contributed by atoms with Gasteiger partial charge in [0.25, 0.3) is 0 Å². The van der Waals surface area contributed by atoms with Crippen molar-refractivity contribution in [3.8, 4) is 0 Å². The van der Waals surface area contributed by atoms with Gasteiger partial charge < -0.3 is 0 Å². The maximum absolute atomic E-state index is 12.3. The Kier molecular flexibility index (Phi) is 4.08. The summed E-state index contributed by atoms with van der Waals surface area (Å²) in [5, 5.41) is 3.44. The summed E-state index contributed by atoms with van der Waals surface area (Å²) < 4.78 is 2.05. The monoisotopic (exact) mass is 334 g/mol. The molecule has 3 rings (SSSR count). The van der Waals surface area contributed by atoms with Gasteiger partial charge in [-0.15, -0.1) is 0 Å². The van der Waals surface area contributed by atoms with Crippen LogP contribution in [0, 0.1) is 12.3 Å². The van der Waals surface area contributed by atoms with E-state index in [1.54, 1.807) is 0 Å². The molecule has 0 radical (unpaired) electrons. The van der Waals surface area contributed by atoms with Crippen molar-refractivity contribution < 1.29 is 4.79 Å². The molecule has 6 heteroatoms. The van der Waals surface area contributed by atoms with Crippen LogP contribution in [-0.4, -0.2) is 20.4 Å². The van der Waals surface area contributed by atoms with E-state index in [2.05, 4.69) is 19.9 Å². The number of halogens is 1. The lowest BCUT2D eigenvalue weighted by Crippen LogP contribution is -2.24. The number of hydrogen-bond donors (Lipinski definition) is 1. The highest BCUT2D eigenvalue weighted by molar-refractivity contribution is 6.29. The Labute approximate surface area is 141 Å². The zero-order chi connectivity index (χ0) is 16.8. The van der Waals surface area contributed by atoms with Crippen molar-refractivity contribution in [1.82, 2.24) is 14.5 Å². The van der Waals surface area contributed by atoms with Crippen LogP contribution in [0.3, 0.4) is 0 Å². The highest BCUT2D eigenvalue weighted by Crippen LogP contribution is 2.37. The molecule has 2 aromatic heterocycles. The molecule has 0 unspecified atom stereocenters. The van der Waals surface area contributed by atoms with E-state index in [-0.39, 0.29) is 11.3 Å². The molecular weight excluding hydrogens is 312 g/mol. The van der Waals surface area contributed by atoms with Crippen molar-refractivity contribution in [3.63, 3.8) is 0 Å². The zero-order valence-electron chi connectivity index (χ0n) is 14.1. The maximum Gasteiger partial charge on any atom is 0.227 e. The number of aromatic nitrogens is 3. The highest BCUT2D eigenvalue weighted by Gasteiger charge is 2.27. The third kappa shape index (κ3) is 3.34. The van der Waals surface area contributed by atoms with Crippen LogP contribution in [0.2, 0.25) is 5.15 Å². The summed E-state index contributed by atoms with van der Waals surface area (Å²) in [6, 6.07) is 2.15. The molecule has 1 amide bonds. The Morgan fingerprint density at radius 2 is 2.09 bits per heavy atom. The maximum atomic E-state index is 12.3. The van der Waals surface area contributed by atoms with Crippen LogP contribution in [-0.2, 0) is 4.79 Å². The Bertz CT molecular complexity index is 756. The molecule has 0 atom stereocenters. The number of pyridine rings is 1. The average Bonchev–Trinajstić information content (AvgIpc) is 2.64. The normalized spacial score (nSPS) is 15.7. The molecule has 124 valence electrons. The number of anilines is 1. The first kappa shape index (κ1) is 16.2. The minimum absolute atomic E-state index is 0.0165. The molecule has 0 bridgehead atoms. The fourth-order valence-corrected chi connectivity index (χ4v) is 3.15. The fourth-order valence-electron chi connectivity index (χ4n) is 2.91. The van der Waals surface area contributed by atoms with E-state index in [0.717, 1.165) is 29.6 Å². The number of aryl methyl sites for hydroxylation is 1. The predicted molar refractivity (Wildman–Crippen MR) is 92.9 cm³/mol. The molecular formula is C17H23ClN4O. The van der Waals surface area contributed by atoms with Crippen molar-refractivity contribution in [2.24, 2.45) is 5.41 Å². The summed E-state index contributed by atoms with van der Waals surface area (Å²) >= 11 is 6.12. The topological polar surface area (TPSA) is 59.8 Å². The number of carbonyl (C=O) groups is 1. The molecule has 0 saturated heterocycles. The second-order valence-electron chi connectivity index (χ2n) is 7.61. The van der Waals surface area contributed by atoms with E-state index in [1.165, 1.54) is 6.42 Å². The molecule has 1 aliphatic rings. The van der Waals surface area contributed by atoms with Crippen LogP contribution >= 0.6 is 11.6 Å². The van der Waals surface area contributed by atoms with Crippen molar-refractivity contribution >= 4 is 34.6 Å². The second kappa shape index (κ2) is 5.78. The molecule has 0 aromatic carbocycles. The van der Waals surface area contributed by atoms with Gasteiger partial charge in [-0.1, -0.05) is 32.4 Å². The summed E-state index contributed by atoms with van der Waals surface area (Å²) in [6.07, 6.45) is 3.81. The van der Waals surface area contributed by atoms with Crippen LogP contribution in [0.15, 0.2) is 6.07 Å². The quantitative estimate of drug-likeness (QED) is 0.841. The third-order valence-electron chi connectivity index (χ3n) is 4.19. The van der Waals surface area contributed by atoms with E-state index < -0.39 is 0 Å². The molecule has 2 heterocycles. The largest absolute Gasteiger partial charge is 0.296 e. The number of fused-ring (bicyclic) bond motifs is 1. The Morgan fingerprint density at radius 3 is 2.65 bits per heavy atom. The summed E-state index contributed by atoms with van der Waals surface area (Å²) in [5.74, 6) is 0.578. The molecule has 5 nitrogen and oxygen atoms in total. The van der Waals surface area contributed by atoms with Crippen LogP contribution in [0.25, 0.3) is 11.2 Å². The smallest absolute Gasteiger partial charge is 0.227 e. The van der Waals surface area contributed by atoms with Crippen molar-refractivity contribution in [2.45, 2.75) is 59.4 Å². The van der Waals surface area contributed by atoms with Crippen molar-refractivity contribution in [3.05, 3.63) is 16.8 Å². The Balaban J connectivity index is 2.02. The van der Waals surface area contributed by atoms with Crippen LogP contribution in [0.4, 0.5) is 5.95 Å². The van der Waals surface area contributed by atoms with E-state index in [9.17, 15) is 4.79 Å². The number of amides is 1. The van der Waals surface area contributed by atoms with Gasteiger partial charge in [0.15, 0.2) is 5.65 Å². The van der Waals surface area contributed by atoms with Crippen molar-refractivity contribution in [2.75, 3.05) is 5.32 Å². The Hall–Kier alpha value is -1.62. The first-order valence-electron chi connectivity index (χ1n) is 8.09. The molecule has 23 heavy (non-hydrogen) atoms. The zero-order valence-corrected chi connectivity index (χ0v) is 14.9. The van der Waals surface area contributed by atoms with Gasteiger partial charge in [0, 0.05) is 12.5 Å². The van der Waals surface area contributed by atoms with Gasteiger partial charge in [-0.3, -0.25) is 14.7 Å². The number of imidazole rings is 1.